The molecule has 6 rings (SSSR count). The number of halogens is 1. The predicted molar refractivity (Wildman–Crippen MR) is 167 cm³/mol. The van der Waals surface area contributed by atoms with Crippen LogP contribution in [0.1, 0.15) is 21.5 Å². The van der Waals surface area contributed by atoms with Crippen LogP contribution in [0, 0.1) is 10.1 Å². The van der Waals surface area contributed by atoms with Crippen LogP contribution in [0.2, 0.25) is 5.02 Å². The van der Waals surface area contributed by atoms with Crippen molar-refractivity contribution in [3.8, 4) is 11.3 Å². The Labute approximate surface area is 253 Å². The molecule has 0 saturated carbocycles. The van der Waals surface area contributed by atoms with Gasteiger partial charge in [0.1, 0.15) is 5.71 Å². The lowest BCUT2D eigenvalue weighted by Crippen LogP contribution is -2.28. The first-order valence-electron chi connectivity index (χ1n) is 12.8. The highest BCUT2D eigenvalue weighted by Crippen LogP contribution is 2.31. The maximum absolute atomic E-state index is 13.7. The maximum Gasteiger partial charge on any atom is 0.303 e. The smallest absolute Gasteiger partial charge is 0.289 e. The van der Waals surface area contributed by atoms with E-state index in [0.717, 1.165) is 10.6 Å². The number of non-ortho nitro benzene ring substituents is 1. The van der Waals surface area contributed by atoms with Crippen LogP contribution in [0.5, 0.6) is 0 Å². The molecule has 210 valence electrons. The third-order valence-corrected chi connectivity index (χ3v) is 7.52. The summed E-state index contributed by atoms with van der Waals surface area (Å²) in [5.74, 6) is -0.856. The van der Waals surface area contributed by atoms with E-state index in [1.807, 2.05) is 41.8 Å². The molecule has 0 fully saturated rings. The molecule has 0 radical (unpaired) electrons. The van der Waals surface area contributed by atoms with Crippen LogP contribution in [0.15, 0.2) is 119 Å². The van der Waals surface area contributed by atoms with Gasteiger partial charge in [-0.1, -0.05) is 72.3 Å². The lowest BCUT2D eigenvalue weighted by molar-refractivity contribution is -0.384. The van der Waals surface area contributed by atoms with Gasteiger partial charge in [-0.05, 0) is 30.3 Å². The maximum atomic E-state index is 13.7. The van der Waals surface area contributed by atoms with Gasteiger partial charge in [-0.15, -0.1) is 11.3 Å². The number of thiazole rings is 1. The van der Waals surface area contributed by atoms with Gasteiger partial charge >= 0.3 is 5.91 Å². The SMILES string of the molecule is O=C(c1ccccc1)c1cc(Cl)ccc1N/N=C1\C(=O)N(c2nc(-c3ccccc3)cs2)N=C1c1ccc([N+](=O)[O-])cc1. The summed E-state index contributed by atoms with van der Waals surface area (Å²) < 4.78 is 0. The Morgan fingerprint density at radius 1 is 0.930 bits per heavy atom. The average Bonchev–Trinajstić information content (AvgIpc) is 3.66. The number of anilines is 2. The lowest BCUT2D eigenvalue weighted by Gasteiger charge is -2.10. The predicted octanol–water partition coefficient (Wildman–Crippen LogP) is 6.82. The van der Waals surface area contributed by atoms with E-state index in [2.05, 4.69) is 20.6 Å². The van der Waals surface area contributed by atoms with Gasteiger partial charge in [0.25, 0.3) is 5.69 Å². The summed E-state index contributed by atoms with van der Waals surface area (Å²) in [6.45, 7) is 0. The van der Waals surface area contributed by atoms with Crippen molar-refractivity contribution < 1.29 is 14.5 Å². The zero-order valence-corrected chi connectivity index (χ0v) is 23.6. The van der Waals surface area contributed by atoms with Gasteiger partial charge in [0.05, 0.1) is 16.3 Å². The number of hydrazone groups is 2. The normalized spacial score (nSPS) is 13.7. The fourth-order valence-corrected chi connectivity index (χ4v) is 5.28. The first-order chi connectivity index (χ1) is 20.9. The molecule has 43 heavy (non-hydrogen) atoms. The molecule has 5 aromatic rings. The van der Waals surface area contributed by atoms with Crippen molar-refractivity contribution in [2.45, 2.75) is 0 Å². The molecule has 1 aliphatic rings. The number of ketones is 1. The van der Waals surface area contributed by atoms with Crippen LogP contribution in [0.3, 0.4) is 0 Å². The van der Waals surface area contributed by atoms with Gasteiger partial charge in [0, 0.05) is 44.8 Å². The van der Waals surface area contributed by atoms with Gasteiger partial charge in [-0.2, -0.15) is 15.2 Å². The number of nitro benzene ring substituents is 1. The minimum absolute atomic E-state index is 0.0709. The lowest BCUT2D eigenvalue weighted by atomic mass is 10.0. The number of rotatable bonds is 8. The van der Waals surface area contributed by atoms with E-state index in [1.54, 1.807) is 36.4 Å². The third-order valence-electron chi connectivity index (χ3n) is 6.46. The Balaban J connectivity index is 1.38. The summed E-state index contributed by atoms with van der Waals surface area (Å²) in [7, 11) is 0. The van der Waals surface area contributed by atoms with Crippen LogP contribution in [-0.2, 0) is 4.79 Å². The number of aromatic nitrogens is 1. The number of benzene rings is 4. The zero-order chi connectivity index (χ0) is 29.9. The van der Waals surface area contributed by atoms with Crippen molar-refractivity contribution in [1.29, 1.82) is 0 Å². The van der Waals surface area contributed by atoms with E-state index in [0.29, 0.717) is 32.7 Å². The van der Waals surface area contributed by atoms with Gasteiger partial charge in [0.2, 0.25) is 5.13 Å². The summed E-state index contributed by atoms with van der Waals surface area (Å²) in [6.07, 6.45) is 0. The first-order valence-corrected chi connectivity index (χ1v) is 14.1. The van der Waals surface area contributed by atoms with E-state index in [4.69, 9.17) is 11.6 Å². The van der Waals surface area contributed by atoms with Gasteiger partial charge in [0.15, 0.2) is 11.5 Å². The topological polar surface area (TPSA) is 130 Å². The van der Waals surface area contributed by atoms with Crippen molar-refractivity contribution in [3.05, 3.63) is 140 Å². The second-order valence-electron chi connectivity index (χ2n) is 9.21. The molecule has 1 aromatic heterocycles. The van der Waals surface area contributed by atoms with Crippen molar-refractivity contribution in [2.75, 3.05) is 10.4 Å². The molecule has 0 atom stereocenters. The first kappa shape index (κ1) is 27.6. The number of nitrogens with zero attached hydrogens (tertiary/aromatic N) is 5. The number of hydrogen-bond donors (Lipinski definition) is 1. The molecule has 0 unspecified atom stereocenters. The average molecular weight is 607 g/mol. The van der Waals surface area contributed by atoms with E-state index < -0.39 is 10.8 Å². The fraction of sp³-hybridized carbons (Fsp3) is 0. The van der Waals surface area contributed by atoms with E-state index >= 15 is 0 Å². The molecule has 1 N–H and O–H groups in total. The molecule has 0 aliphatic carbocycles. The number of carbonyl (C=O) groups excluding carboxylic acids is 2. The minimum atomic E-state index is -0.570. The van der Waals surface area contributed by atoms with Crippen LogP contribution < -0.4 is 10.4 Å². The van der Waals surface area contributed by atoms with E-state index in [-0.39, 0.29) is 28.5 Å². The Morgan fingerprint density at radius 2 is 1.63 bits per heavy atom. The Morgan fingerprint density at radius 3 is 2.33 bits per heavy atom. The minimum Gasteiger partial charge on any atom is -0.289 e. The van der Waals surface area contributed by atoms with Gasteiger partial charge in [-0.25, -0.2) is 4.98 Å². The molecule has 1 amide bonds. The molecule has 1 aliphatic heterocycles. The van der Waals surface area contributed by atoms with Crippen molar-refractivity contribution in [1.82, 2.24) is 4.98 Å². The van der Waals surface area contributed by atoms with Crippen LogP contribution in [0.4, 0.5) is 16.5 Å². The molecule has 4 aromatic carbocycles. The number of hydrogen-bond acceptors (Lipinski definition) is 9. The summed E-state index contributed by atoms with van der Waals surface area (Å²) in [5, 5.41) is 23.8. The highest BCUT2D eigenvalue weighted by Gasteiger charge is 2.36. The molecule has 2 heterocycles. The number of nitrogens with one attached hydrogen (secondary N) is 1. The molecule has 0 saturated heterocycles. The summed E-state index contributed by atoms with van der Waals surface area (Å²) in [6, 6.07) is 28.5. The monoisotopic (exact) mass is 606 g/mol. The molecular formula is C31H19ClN6O4S. The van der Waals surface area contributed by atoms with Crippen molar-refractivity contribution in [3.63, 3.8) is 0 Å². The second-order valence-corrected chi connectivity index (χ2v) is 10.5. The molecule has 0 bridgehead atoms. The zero-order valence-electron chi connectivity index (χ0n) is 22.0. The Hall–Kier alpha value is -5.52. The quantitative estimate of drug-likeness (QED) is 0.117. The molecular weight excluding hydrogens is 588 g/mol. The Bertz CT molecular complexity index is 1930. The summed E-state index contributed by atoms with van der Waals surface area (Å²) in [4.78, 5) is 42.3. The Kier molecular flexibility index (Phi) is 7.56. The van der Waals surface area contributed by atoms with Gasteiger partial charge < -0.3 is 0 Å². The number of nitro groups is 1. The molecule has 0 spiro atoms. The van der Waals surface area contributed by atoms with Crippen molar-refractivity contribution in [2.24, 2.45) is 10.2 Å². The van der Waals surface area contributed by atoms with Gasteiger partial charge in [-0.3, -0.25) is 25.1 Å². The third kappa shape index (κ3) is 5.67. The van der Waals surface area contributed by atoms with E-state index in [1.165, 1.54) is 41.7 Å². The number of amides is 1. The molecule has 10 nitrogen and oxygen atoms in total. The summed E-state index contributed by atoms with van der Waals surface area (Å²) >= 11 is 7.45. The van der Waals surface area contributed by atoms with Crippen LogP contribution >= 0.6 is 22.9 Å². The highest BCUT2D eigenvalue weighted by molar-refractivity contribution is 7.14. The number of carbonyl (C=O) groups is 2. The fourth-order valence-electron chi connectivity index (χ4n) is 4.33. The molecule has 12 heteroatoms. The highest BCUT2D eigenvalue weighted by atomic mass is 35.5. The summed E-state index contributed by atoms with van der Waals surface area (Å²) in [5.41, 5.74) is 5.86. The van der Waals surface area contributed by atoms with Crippen LogP contribution in [0.25, 0.3) is 11.3 Å². The largest absolute Gasteiger partial charge is 0.303 e. The standard InChI is InChI=1S/C31H19ClN6O4S/c32-22-13-16-25(24(17-22)29(39)21-9-5-2-6-10-21)34-35-28-27(20-11-14-23(15-12-20)38(41)42)36-37(30(28)40)31-33-26(18-43-31)19-7-3-1-4-8-19/h1-18,34H/b35-28-. The second kappa shape index (κ2) is 11.8. The van der Waals surface area contributed by atoms with Crippen LogP contribution in [-0.4, -0.2) is 33.0 Å². The van der Waals surface area contributed by atoms with Crippen molar-refractivity contribution >= 4 is 62.6 Å². The van der Waals surface area contributed by atoms with E-state index in [9.17, 15) is 19.7 Å².